The number of carbonyl (C=O) groups is 1. The number of aromatic nitrogens is 2. The minimum Gasteiger partial charge on any atom is -0.345 e. The maximum atomic E-state index is 12.1. The van der Waals surface area contributed by atoms with E-state index in [1.54, 1.807) is 6.20 Å². The third-order valence-corrected chi connectivity index (χ3v) is 3.93. The van der Waals surface area contributed by atoms with E-state index in [1.165, 1.54) is 12.8 Å². The molecule has 0 bridgehead atoms. The molecule has 5 heteroatoms. The zero-order valence-corrected chi connectivity index (χ0v) is 11.5. The van der Waals surface area contributed by atoms with Gasteiger partial charge in [-0.2, -0.15) is 5.10 Å². The highest BCUT2D eigenvalue weighted by Gasteiger charge is 2.30. The van der Waals surface area contributed by atoms with Gasteiger partial charge in [0, 0.05) is 19.1 Å². The van der Waals surface area contributed by atoms with Crippen LogP contribution < -0.4 is 5.32 Å². The molecule has 0 spiro atoms. The minimum absolute atomic E-state index is 0.0941. The summed E-state index contributed by atoms with van der Waals surface area (Å²) in [6.07, 6.45) is 4.19. The molecule has 19 heavy (non-hydrogen) atoms. The summed E-state index contributed by atoms with van der Waals surface area (Å²) in [6.45, 7) is 6.20. The van der Waals surface area contributed by atoms with Crippen molar-refractivity contribution in [1.29, 1.82) is 0 Å². The first-order valence-electron chi connectivity index (χ1n) is 7.01. The lowest BCUT2D eigenvalue weighted by atomic mass is 10.1. The lowest BCUT2D eigenvalue weighted by Crippen LogP contribution is -2.61. The largest absolute Gasteiger partial charge is 0.345 e. The standard InChI is InChI=1S/C14H20N4O/c1-9(2)18-7-12(8-18)16-14(19)13-5-11(6-15-17-13)10-3-4-10/h5-6,9-10,12H,3-4,7-8H2,1-2H3,(H,16,19). The van der Waals surface area contributed by atoms with Crippen LogP contribution in [0.25, 0.3) is 0 Å². The Hall–Kier alpha value is -1.49. The fourth-order valence-corrected chi connectivity index (χ4v) is 2.42. The van der Waals surface area contributed by atoms with Gasteiger partial charge < -0.3 is 5.32 Å². The number of nitrogens with one attached hydrogen (secondary N) is 1. The van der Waals surface area contributed by atoms with Gasteiger partial charge in [-0.1, -0.05) is 0 Å². The number of carbonyl (C=O) groups excluding carboxylic acids is 1. The van der Waals surface area contributed by atoms with Gasteiger partial charge in [-0.3, -0.25) is 9.69 Å². The highest BCUT2D eigenvalue weighted by molar-refractivity contribution is 5.92. The molecule has 1 aliphatic heterocycles. The van der Waals surface area contributed by atoms with Gasteiger partial charge in [0.15, 0.2) is 5.69 Å². The average Bonchev–Trinajstić information content (AvgIpc) is 3.16. The van der Waals surface area contributed by atoms with Crippen LogP contribution in [0, 0.1) is 0 Å². The summed E-state index contributed by atoms with van der Waals surface area (Å²) in [5.41, 5.74) is 1.60. The molecule has 0 radical (unpaired) electrons. The first kappa shape index (κ1) is 12.5. The van der Waals surface area contributed by atoms with Gasteiger partial charge >= 0.3 is 0 Å². The van der Waals surface area contributed by atoms with Crippen LogP contribution >= 0.6 is 0 Å². The van der Waals surface area contributed by atoms with Crippen LogP contribution in [0.5, 0.6) is 0 Å². The van der Waals surface area contributed by atoms with E-state index in [0.717, 1.165) is 18.7 Å². The second kappa shape index (κ2) is 4.89. The van der Waals surface area contributed by atoms with E-state index in [-0.39, 0.29) is 11.9 Å². The van der Waals surface area contributed by atoms with Crippen LogP contribution in [0.2, 0.25) is 0 Å². The molecule has 2 fully saturated rings. The summed E-state index contributed by atoms with van der Waals surface area (Å²) in [6, 6.07) is 2.69. The van der Waals surface area contributed by atoms with Crippen LogP contribution in [0.15, 0.2) is 12.3 Å². The maximum absolute atomic E-state index is 12.1. The van der Waals surface area contributed by atoms with Gasteiger partial charge in [0.25, 0.3) is 5.91 Å². The van der Waals surface area contributed by atoms with Crippen molar-refractivity contribution < 1.29 is 4.79 Å². The molecular formula is C14H20N4O. The Bertz CT molecular complexity index is 478. The summed E-state index contributed by atoms with van der Waals surface area (Å²) in [5, 5.41) is 10.9. The van der Waals surface area contributed by atoms with Crippen LogP contribution in [0.4, 0.5) is 0 Å². The van der Waals surface area contributed by atoms with Gasteiger partial charge in [0.05, 0.1) is 12.2 Å². The molecule has 2 aliphatic rings. The molecule has 5 nitrogen and oxygen atoms in total. The molecule has 1 saturated heterocycles. The Labute approximate surface area is 113 Å². The van der Waals surface area contributed by atoms with Crippen LogP contribution in [-0.2, 0) is 0 Å². The van der Waals surface area contributed by atoms with Crippen molar-refractivity contribution in [1.82, 2.24) is 20.4 Å². The smallest absolute Gasteiger partial charge is 0.272 e. The van der Waals surface area contributed by atoms with E-state index in [9.17, 15) is 4.79 Å². The molecule has 1 aliphatic carbocycles. The molecule has 0 atom stereocenters. The number of amides is 1. The van der Waals surface area contributed by atoms with Crippen molar-refractivity contribution in [2.75, 3.05) is 13.1 Å². The summed E-state index contributed by atoms with van der Waals surface area (Å²) in [4.78, 5) is 14.4. The van der Waals surface area contributed by atoms with E-state index >= 15 is 0 Å². The molecule has 1 aromatic rings. The molecule has 3 rings (SSSR count). The Balaban J connectivity index is 1.57. The topological polar surface area (TPSA) is 58.1 Å². The maximum Gasteiger partial charge on any atom is 0.272 e. The summed E-state index contributed by atoms with van der Waals surface area (Å²) in [7, 11) is 0. The Morgan fingerprint density at radius 2 is 2.16 bits per heavy atom. The number of hydrogen-bond acceptors (Lipinski definition) is 4. The van der Waals surface area contributed by atoms with Crippen LogP contribution in [0.3, 0.4) is 0 Å². The Kier molecular flexibility index (Phi) is 3.22. The van der Waals surface area contributed by atoms with E-state index < -0.39 is 0 Å². The summed E-state index contributed by atoms with van der Waals surface area (Å²) < 4.78 is 0. The molecule has 1 saturated carbocycles. The number of rotatable bonds is 4. The zero-order valence-electron chi connectivity index (χ0n) is 11.5. The van der Waals surface area contributed by atoms with E-state index in [4.69, 9.17) is 0 Å². The van der Waals surface area contributed by atoms with Crippen LogP contribution in [0.1, 0.15) is 48.7 Å². The van der Waals surface area contributed by atoms with Crippen molar-refractivity contribution in [3.05, 3.63) is 23.5 Å². The molecule has 102 valence electrons. The van der Waals surface area contributed by atoms with Crippen molar-refractivity contribution in [2.45, 2.75) is 44.7 Å². The molecule has 1 aromatic heterocycles. The molecule has 0 aromatic carbocycles. The Morgan fingerprint density at radius 3 is 2.79 bits per heavy atom. The lowest BCUT2D eigenvalue weighted by molar-refractivity contribution is 0.0709. The first-order valence-corrected chi connectivity index (χ1v) is 7.01. The van der Waals surface area contributed by atoms with Crippen molar-refractivity contribution in [2.24, 2.45) is 0 Å². The fraction of sp³-hybridized carbons (Fsp3) is 0.643. The van der Waals surface area contributed by atoms with Gasteiger partial charge in [-0.25, -0.2) is 0 Å². The third kappa shape index (κ3) is 2.76. The summed E-state index contributed by atoms with van der Waals surface area (Å²) >= 11 is 0. The van der Waals surface area contributed by atoms with Crippen molar-refractivity contribution >= 4 is 5.91 Å². The normalized spacial score (nSPS) is 20.4. The number of hydrogen-bond donors (Lipinski definition) is 1. The van der Waals surface area contributed by atoms with Gasteiger partial charge in [-0.15, -0.1) is 5.10 Å². The molecule has 0 unspecified atom stereocenters. The number of likely N-dealkylation sites (tertiary alicyclic amines) is 1. The second-order valence-corrected chi connectivity index (χ2v) is 5.87. The summed E-state index contributed by atoms with van der Waals surface area (Å²) in [5.74, 6) is 0.505. The van der Waals surface area contributed by atoms with Gasteiger partial charge in [0.1, 0.15) is 0 Å². The minimum atomic E-state index is -0.0941. The van der Waals surface area contributed by atoms with E-state index in [2.05, 4.69) is 34.3 Å². The molecular weight excluding hydrogens is 240 g/mol. The highest BCUT2D eigenvalue weighted by Crippen LogP contribution is 2.39. The van der Waals surface area contributed by atoms with E-state index in [1.807, 2.05) is 6.07 Å². The van der Waals surface area contributed by atoms with Crippen molar-refractivity contribution in [3.63, 3.8) is 0 Å². The third-order valence-electron chi connectivity index (χ3n) is 3.93. The average molecular weight is 260 g/mol. The second-order valence-electron chi connectivity index (χ2n) is 5.87. The zero-order chi connectivity index (χ0) is 13.4. The molecule has 1 N–H and O–H groups in total. The van der Waals surface area contributed by atoms with Gasteiger partial charge in [-0.05, 0) is 44.2 Å². The predicted octanol–water partition coefficient (Wildman–Crippen LogP) is 1.18. The predicted molar refractivity (Wildman–Crippen MR) is 72.0 cm³/mol. The van der Waals surface area contributed by atoms with Gasteiger partial charge in [0.2, 0.25) is 0 Å². The SMILES string of the molecule is CC(C)N1CC(NC(=O)c2cc(C3CC3)cnn2)C1. The number of nitrogens with zero attached hydrogens (tertiary/aromatic N) is 3. The monoisotopic (exact) mass is 260 g/mol. The first-order chi connectivity index (χ1) is 9.13. The Morgan fingerprint density at radius 1 is 1.42 bits per heavy atom. The lowest BCUT2D eigenvalue weighted by Gasteiger charge is -2.42. The van der Waals surface area contributed by atoms with Crippen molar-refractivity contribution in [3.8, 4) is 0 Å². The van der Waals surface area contributed by atoms with Crippen LogP contribution in [-0.4, -0.2) is 46.2 Å². The fourth-order valence-electron chi connectivity index (χ4n) is 2.42. The van der Waals surface area contributed by atoms with E-state index in [0.29, 0.717) is 17.7 Å². The molecule has 1 amide bonds. The quantitative estimate of drug-likeness (QED) is 0.883. The molecule has 2 heterocycles. The highest BCUT2D eigenvalue weighted by atomic mass is 16.2.